The minimum absolute atomic E-state index is 1.09. The zero-order valence-corrected chi connectivity index (χ0v) is 5.02. The molecule has 0 spiro atoms. The Balaban J connectivity index is 1.92. The zero-order valence-electron chi connectivity index (χ0n) is 3.39. The van der Waals surface area contributed by atoms with Gasteiger partial charge in [0.1, 0.15) is 0 Å². The smallest absolute Gasteiger partial charge is 0.0265 e. The quantitative estimate of drug-likeness (QED) is 0.475. The van der Waals surface area contributed by atoms with Gasteiger partial charge >= 0.3 is 0 Å². The van der Waals surface area contributed by atoms with Crippen LogP contribution in [0.1, 0.15) is 0 Å². The monoisotopic (exact) mass is 118 g/mol. The first-order chi connectivity index (χ1) is 2.97. The minimum atomic E-state index is 1.09. The molecule has 0 N–H and O–H groups in total. The second-order valence-electron chi connectivity index (χ2n) is 1.74. The third-order valence-corrected chi connectivity index (χ3v) is 3.40. The van der Waals surface area contributed by atoms with Crippen LogP contribution in [0.3, 0.4) is 0 Å². The van der Waals surface area contributed by atoms with Gasteiger partial charge < -0.3 is 0 Å². The van der Waals surface area contributed by atoms with Crippen LogP contribution in [-0.2, 0) is 0 Å². The third-order valence-electron chi connectivity index (χ3n) is 1.13. The fourth-order valence-corrected chi connectivity index (χ4v) is 2.56. The van der Waals surface area contributed by atoms with Crippen molar-refractivity contribution in [2.75, 3.05) is 11.5 Å². The topological polar surface area (TPSA) is 0 Å². The first-order valence-electron chi connectivity index (χ1n) is 2.20. The summed E-state index contributed by atoms with van der Waals surface area (Å²) in [6, 6.07) is 0. The summed E-state index contributed by atoms with van der Waals surface area (Å²) < 4.78 is 0. The van der Waals surface area contributed by atoms with Gasteiger partial charge in [0.2, 0.25) is 0 Å². The highest BCUT2D eigenvalue weighted by Crippen LogP contribution is 2.47. The van der Waals surface area contributed by atoms with Crippen LogP contribution in [0.4, 0.5) is 0 Å². The van der Waals surface area contributed by atoms with Gasteiger partial charge in [-0.25, -0.2) is 0 Å². The summed E-state index contributed by atoms with van der Waals surface area (Å²) in [5.74, 6) is 2.91. The molecule has 2 heterocycles. The van der Waals surface area contributed by atoms with Crippen molar-refractivity contribution >= 4 is 23.5 Å². The Morgan fingerprint density at radius 3 is 1.50 bits per heavy atom. The molecule has 34 valence electrons. The molecule has 0 aromatic heterocycles. The van der Waals surface area contributed by atoms with E-state index in [1.54, 1.807) is 0 Å². The summed E-state index contributed by atoms with van der Waals surface area (Å²) in [4.78, 5) is 0. The van der Waals surface area contributed by atoms with Gasteiger partial charge in [-0.1, -0.05) is 0 Å². The summed E-state index contributed by atoms with van der Waals surface area (Å²) in [6.07, 6.45) is 0. The van der Waals surface area contributed by atoms with Gasteiger partial charge in [-0.2, -0.15) is 23.5 Å². The molecule has 0 saturated carbocycles. The lowest BCUT2D eigenvalue weighted by atomic mass is 10.4. The van der Waals surface area contributed by atoms with Gasteiger partial charge in [0.25, 0.3) is 0 Å². The van der Waals surface area contributed by atoms with E-state index in [0.717, 1.165) is 10.5 Å². The molecule has 0 aliphatic carbocycles. The molecule has 2 unspecified atom stereocenters. The molecule has 2 atom stereocenters. The van der Waals surface area contributed by atoms with Crippen molar-refractivity contribution in [2.45, 2.75) is 10.5 Å². The van der Waals surface area contributed by atoms with Crippen molar-refractivity contribution in [3.63, 3.8) is 0 Å². The predicted octanol–water partition coefficient (Wildman–Crippen LogP) is 1.22. The summed E-state index contributed by atoms with van der Waals surface area (Å²) in [5, 5.41) is 2.19. The van der Waals surface area contributed by atoms with Crippen LogP contribution < -0.4 is 0 Å². The van der Waals surface area contributed by atoms with Gasteiger partial charge in [-0.05, 0) is 0 Å². The molecule has 0 nitrogen and oxygen atoms in total. The van der Waals surface area contributed by atoms with Crippen molar-refractivity contribution in [3.05, 3.63) is 0 Å². The highest BCUT2D eigenvalue weighted by atomic mass is 32.2. The van der Waals surface area contributed by atoms with E-state index in [1.807, 2.05) is 0 Å². The highest BCUT2D eigenvalue weighted by Gasteiger charge is 2.39. The van der Waals surface area contributed by atoms with Gasteiger partial charge in [0.05, 0.1) is 0 Å². The maximum absolute atomic E-state index is 2.12. The molecule has 0 amide bonds. The van der Waals surface area contributed by atoms with E-state index in [-0.39, 0.29) is 0 Å². The van der Waals surface area contributed by atoms with Crippen LogP contribution in [0, 0.1) is 0 Å². The lowest BCUT2D eigenvalue weighted by Crippen LogP contribution is -1.88. The summed E-state index contributed by atoms with van der Waals surface area (Å²) >= 11 is 4.24. The minimum Gasteiger partial charge on any atom is -0.155 e. The zero-order chi connectivity index (χ0) is 3.98. The van der Waals surface area contributed by atoms with Gasteiger partial charge in [-0.15, -0.1) is 0 Å². The molecule has 6 heavy (non-hydrogen) atoms. The molecule has 2 aliphatic rings. The normalized spacial score (nSPS) is 52.0. The fourth-order valence-electron chi connectivity index (χ4n) is 0.540. The fraction of sp³-hybridized carbons (Fsp3) is 1.00. The first-order valence-corrected chi connectivity index (χ1v) is 4.30. The molecule has 0 radical (unpaired) electrons. The Morgan fingerprint density at radius 2 is 1.33 bits per heavy atom. The Hall–Kier alpha value is 0.700. The second kappa shape index (κ2) is 1.10. The van der Waals surface area contributed by atoms with Crippen molar-refractivity contribution in [1.82, 2.24) is 0 Å². The Kier molecular flexibility index (Phi) is 0.673. The molecule has 2 fully saturated rings. The third kappa shape index (κ3) is 0.562. The average Bonchev–Trinajstić information content (AvgIpc) is 2.26. The van der Waals surface area contributed by atoms with Crippen LogP contribution in [0.5, 0.6) is 0 Å². The number of hydrogen-bond donors (Lipinski definition) is 0. The molecule has 2 heteroatoms. The largest absolute Gasteiger partial charge is 0.155 e. The van der Waals surface area contributed by atoms with Crippen LogP contribution in [0.15, 0.2) is 0 Å². The van der Waals surface area contributed by atoms with E-state index in [9.17, 15) is 0 Å². The number of rotatable bonds is 1. The molecular formula is C4H6S2. The molecule has 2 aliphatic heterocycles. The highest BCUT2D eigenvalue weighted by molar-refractivity contribution is 8.12. The standard InChI is InChI=1S/C4H6S2/c1-3(5-1)4-2-6-4/h3-4H,1-2H2. The van der Waals surface area contributed by atoms with E-state index in [1.165, 1.54) is 11.5 Å². The maximum atomic E-state index is 2.12. The molecule has 2 rings (SSSR count). The van der Waals surface area contributed by atoms with Gasteiger partial charge in [0, 0.05) is 22.0 Å². The first kappa shape index (κ1) is 3.67. The lowest BCUT2D eigenvalue weighted by Gasteiger charge is -1.73. The van der Waals surface area contributed by atoms with E-state index in [2.05, 4.69) is 23.5 Å². The van der Waals surface area contributed by atoms with E-state index in [4.69, 9.17) is 0 Å². The SMILES string of the molecule is C1SC1C1CS1. The van der Waals surface area contributed by atoms with Crippen molar-refractivity contribution in [1.29, 1.82) is 0 Å². The molecule has 0 aromatic rings. The molecule has 0 aromatic carbocycles. The van der Waals surface area contributed by atoms with Crippen LogP contribution in [0.25, 0.3) is 0 Å². The maximum Gasteiger partial charge on any atom is 0.0265 e. The Labute approximate surface area is 46.1 Å². The number of hydrogen-bond acceptors (Lipinski definition) is 2. The molecular weight excluding hydrogens is 112 g/mol. The summed E-state index contributed by atoms with van der Waals surface area (Å²) in [7, 11) is 0. The van der Waals surface area contributed by atoms with Gasteiger partial charge in [0.15, 0.2) is 0 Å². The Morgan fingerprint density at radius 1 is 1.00 bits per heavy atom. The summed E-state index contributed by atoms with van der Waals surface area (Å²) in [5.41, 5.74) is 0. The van der Waals surface area contributed by atoms with Crippen molar-refractivity contribution in [3.8, 4) is 0 Å². The van der Waals surface area contributed by atoms with Crippen molar-refractivity contribution in [2.24, 2.45) is 0 Å². The van der Waals surface area contributed by atoms with Crippen LogP contribution in [0.2, 0.25) is 0 Å². The van der Waals surface area contributed by atoms with E-state index >= 15 is 0 Å². The van der Waals surface area contributed by atoms with Gasteiger partial charge in [-0.3, -0.25) is 0 Å². The van der Waals surface area contributed by atoms with Crippen LogP contribution in [-0.4, -0.2) is 22.0 Å². The molecule has 2 saturated heterocycles. The number of thioether (sulfide) groups is 2. The van der Waals surface area contributed by atoms with Crippen molar-refractivity contribution < 1.29 is 0 Å². The van der Waals surface area contributed by atoms with Crippen LogP contribution >= 0.6 is 23.5 Å². The Bertz CT molecular complexity index is 53.9. The lowest BCUT2D eigenvalue weighted by molar-refractivity contribution is 1.10. The average molecular weight is 118 g/mol. The van der Waals surface area contributed by atoms with E-state index in [0.29, 0.717) is 0 Å². The molecule has 0 bridgehead atoms. The summed E-state index contributed by atoms with van der Waals surface area (Å²) in [6.45, 7) is 0. The second-order valence-corrected chi connectivity index (χ2v) is 4.29. The predicted molar refractivity (Wildman–Crippen MR) is 32.5 cm³/mol. The van der Waals surface area contributed by atoms with E-state index < -0.39 is 0 Å².